The first-order valence-corrected chi connectivity index (χ1v) is 16.4. The number of anilines is 1. The van der Waals surface area contributed by atoms with E-state index in [1.54, 1.807) is 38.1 Å². The van der Waals surface area contributed by atoms with Gasteiger partial charge in [-0.1, -0.05) is 18.2 Å². The quantitative estimate of drug-likeness (QED) is 0.123. The van der Waals surface area contributed by atoms with Gasteiger partial charge in [0.15, 0.2) is 18.0 Å². The van der Waals surface area contributed by atoms with Crippen molar-refractivity contribution in [2.75, 3.05) is 39.8 Å². The number of carbonyl (C=O) groups excluding carboxylic acids is 3. The number of rotatable bonds is 16. The zero-order valence-corrected chi connectivity index (χ0v) is 28.2. The average Bonchev–Trinajstić information content (AvgIpc) is 3.61. The number of esters is 3. The Morgan fingerprint density at radius 3 is 2.39 bits per heavy atom. The van der Waals surface area contributed by atoms with E-state index in [0.29, 0.717) is 5.52 Å². The van der Waals surface area contributed by atoms with Gasteiger partial charge in [0.2, 0.25) is 5.60 Å². The van der Waals surface area contributed by atoms with Gasteiger partial charge in [-0.25, -0.2) is 23.7 Å². The Bertz CT molecular complexity index is 1720. The molecule has 264 valence electrons. The lowest BCUT2D eigenvalue weighted by Crippen LogP contribution is -2.50. The number of hydrogen-bond acceptors (Lipinski definition) is 16. The maximum absolute atomic E-state index is 14.3. The fraction of sp³-hybridized carbons (Fsp3) is 0.467. The first-order valence-electron chi connectivity index (χ1n) is 14.9. The molecule has 19 heteroatoms. The number of nitrogens with zero attached hydrogens (tertiary/aromatic N) is 4. The number of nitrogens with one attached hydrogen (secondary N) is 1. The zero-order chi connectivity index (χ0) is 35.8. The summed E-state index contributed by atoms with van der Waals surface area (Å²) >= 11 is 0. The van der Waals surface area contributed by atoms with Crippen LogP contribution < -0.4 is 15.3 Å². The smallest absolute Gasteiger partial charge is 0.459 e. The molecule has 2 aromatic heterocycles. The van der Waals surface area contributed by atoms with E-state index in [2.05, 4.69) is 15.2 Å². The number of nitriles is 1. The lowest BCUT2D eigenvalue weighted by molar-refractivity contribution is -0.174. The Labute approximate surface area is 281 Å². The van der Waals surface area contributed by atoms with Crippen molar-refractivity contribution >= 4 is 37.0 Å². The van der Waals surface area contributed by atoms with E-state index in [1.165, 1.54) is 50.2 Å². The second-order valence-corrected chi connectivity index (χ2v) is 12.7. The summed E-state index contributed by atoms with van der Waals surface area (Å²) in [6, 6.07) is 11.7. The fourth-order valence-electron chi connectivity index (χ4n) is 4.84. The van der Waals surface area contributed by atoms with Crippen LogP contribution in [0.15, 0.2) is 48.8 Å². The molecule has 1 saturated heterocycles. The van der Waals surface area contributed by atoms with Crippen molar-refractivity contribution in [1.82, 2.24) is 19.7 Å². The highest BCUT2D eigenvalue weighted by Gasteiger charge is 2.62. The minimum atomic E-state index is -4.58. The van der Waals surface area contributed by atoms with E-state index in [0.717, 1.165) is 0 Å². The Morgan fingerprint density at radius 1 is 1.08 bits per heavy atom. The van der Waals surface area contributed by atoms with E-state index >= 15 is 0 Å². The second kappa shape index (κ2) is 16.2. The molecule has 0 amide bonds. The summed E-state index contributed by atoms with van der Waals surface area (Å²) in [5.41, 5.74) is 4.27. The number of aromatic nitrogens is 3. The van der Waals surface area contributed by atoms with Crippen LogP contribution in [0.4, 0.5) is 5.82 Å². The third kappa shape index (κ3) is 8.89. The number of para-hydroxylation sites is 1. The molecular formula is C30H37N6O12P. The molecule has 0 spiro atoms. The monoisotopic (exact) mass is 704 g/mol. The van der Waals surface area contributed by atoms with Crippen LogP contribution in [-0.2, 0) is 51.9 Å². The van der Waals surface area contributed by atoms with Gasteiger partial charge in [0.25, 0.3) is 0 Å². The summed E-state index contributed by atoms with van der Waals surface area (Å²) in [4.78, 5) is 42.3. The summed E-state index contributed by atoms with van der Waals surface area (Å²) in [7, 11) is -2.06. The van der Waals surface area contributed by atoms with Crippen LogP contribution in [0.1, 0.15) is 32.6 Å². The highest BCUT2D eigenvalue weighted by molar-refractivity contribution is 7.52. The minimum absolute atomic E-state index is 0.0883. The second-order valence-electron chi connectivity index (χ2n) is 11.0. The minimum Gasteiger partial charge on any atom is -0.462 e. The summed E-state index contributed by atoms with van der Waals surface area (Å²) in [5, 5.41) is 17.4. The molecule has 1 unspecified atom stereocenters. The molecule has 0 saturated carbocycles. The van der Waals surface area contributed by atoms with Crippen LogP contribution in [-0.4, -0.2) is 96.5 Å². The van der Waals surface area contributed by atoms with Crippen LogP contribution in [0.25, 0.3) is 5.52 Å². The van der Waals surface area contributed by atoms with Crippen LogP contribution >= 0.6 is 7.75 Å². The van der Waals surface area contributed by atoms with Crippen molar-refractivity contribution in [3.63, 3.8) is 0 Å². The van der Waals surface area contributed by atoms with Crippen molar-refractivity contribution in [2.24, 2.45) is 0 Å². The topological polar surface area (TPSA) is 234 Å². The van der Waals surface area contributed by atoms with Gasteiger partial charge in [0.05, 0.1) is 11.8 Å². The van der Waals surface area contributed by atoms with Crippen LogP contribution in [0.5, 0.6) is 5.75 Å². The van der Waals surface area contributed by atoms with Gasteiger partial charge < -0.3 is 38.7 Å². The molecule has 1 aromatic carbocycles. The molecule has 0 aliphatic carbocycles. The number of nitrogens with two attached hydrogens (primary N) is 1. The highest BCUT2D eigenvalue weighted by Crippen LogP contribution is 2.50. The SMILES string of the molecule is COCC(=O)O[C@H]1[C@H](c2ccc3c(N)ncnn23)O[C@](C#N)(COP(=O)(N[C@@H](C)C(=O)OC(C)C)Oc2ccccc2)[C@H]1OC(=O)COC. The van der Waals surface area contributed by atoms with E-state index < -0.39 is 81.5 Å². The standard InChI is InChI=1S/C30H37N6O12P/c1-18(2)44-29(39)19(3)35-49(40,48-20-9-7-6-8-10-20)43-16-30(15-31)27(46-24(38)14-42-5)26(45-23(37)13-41-4)25(47-30)21-11-12-22-28(32)33-17-34-36(21)22/h6-12,17-19,25-27H,13-14,16H2,1-5H3,(H,35,40)(H2,32,33,34)/t19-,25-,26-,27-,30+,49?/m0/s1. The number of benzene rings is 1. The van der Waals surface area contributed by atoms with Gasteiger partial charge >= 0.3 is 25.7 Å². The van der Waals surface area contributed by atoms with Gasteiger partial charge in [-0.05, 0) is 45.0 Å². The lowest BCUT2D eigenvalue weighted by Gasteiger charge is -2.30. The van der Waals surface area contributed by atoms with E-state index in [-0.39, 0.29) is 17.3 Å². The van der Waals surface area contributed by atoms with Gasteiger partial charge in [0, 0.05) is 14.2 Å². The molecule has 6 atom stereocenters. The van der Waals surface area contributed by atoms with Crippen molar-refractivity contribution in [3.05, 3.63) is 54.5 Å². The van der Waals surface area contributed by atoms with Gasteiger partial charge in [-0.15, -0.1) is 0 Å². The van der Waals surface area contributed by atoms with Crippen molar-refractivity contribution in [3.8, 4) is 11.8 Å². The van der Waals surface area contributed by atoms with E-state index in [4.69, 9.17) is 43.2 Å². The maximum Gasteiger partial charge on any atom is 0.459 e. The molecule has 1 aliphatic rings. The predicted molar refractivity (Wildman–Crippen MR) is 168 cm³/mol. The largest absolute Gasteiger partial charge is 0.462 e. The average molecular weight is 705 g/mol. The van der Waals surface area contributed by atoms with Crippen molar-refractivity contribution in [2.45, 2.75) is 56.8 Å². The molecular weight excluding hydrogens is 667 g/mol. The normalized spacial score (nSPS) is 22.2. The van der Waals surface area contributed by atoms with E-state index in [1.807, 2.05) is 6.07 Å². The summed E-state index contributed by atoms with van der Waals surface area (Å²) in [5.74, 6) is -2.41. The number of fused-ring (bicyclic) bond motifs is 1. The molecule has 0 bridgehead atoms. The molecule has 1 aliphatic heterocycles. The molecule has 49 heavy (non-hydrogen) atoms. The van der Waals surface area contributed by atoms with Crippen LogP contribution in [0.3, 0.4) is 0 Å². The highest BCUT2D eigenvalue weighted by atomic mass is 31.2. The molecule has 1 fully saturated rings. The Hall–Kier alpha value is -4.63. The van der Waals surface area contributed by atoms with Crippen molar-refractivity contribution < 1.29 is 56.4 Å². The summed E-state index contributed by atoms with van der Waals surface area (Å²) in [6.45, 7) is 2.70. The zero-order valence-electron chi connectivity index (χ0n) is 27.3. The molecule has 0 radical (unpaired) electrons. The molecule has 3 heterocycles. The number of nitrogen functional groups attached to an aromatic ring is 1. The molecule has 3 aromatic rings. The molecule has 3 N–H and O–H groups in total. The predicted octanol–water partition coefficient (Wildman–Crippen LogP) is 1.89. The Morgan fingerprint density at radius 2 is 1.76 bits per heavy atom. The lowest BCUT2D eigenvalue weighted by atomic mass is 9.95. The van der Waals surface area contributed by atoms with Crippen LogP contribution in [0.2, 0.25) is 0 Å². The van der Waals surface area contributed by atoms with Gasteiger partial charge in [0.1, 0.15) is 55.6 Å². The number of ether oxygens (including phenoxy) is 6. The number of hydrogen-bond donors (Lipinski definition) is 2. The van der Waals surface area contributed by atoms with Gasteiger partial charge in [-0.2, -0.15) is 15.4 Å². The summed E-state index contributed by atoms with van der Waals surface area (Å²) < 4.78 is 59.8. The third-order valence-corrected chi connectivity index (χ3v) is 8.53. The first-order chi connectivity index (χ1) is 23.3. The maximum atomic E-state index is 14.3. The van der Waals surface area contributed by atoms with Crippen molar-refractivity contribution in [1.29, 1.82) is 5.26 Å². The first kappa shape index (κ1) is 37.2. The molecule has 4 rings (SSSR count). The third-order valence-electron chi connectivity index (χ3n) is 6.91. The van der Waals surface area contributed by atoms with Crippen LogP contribution in [0, 0.1) is 11.3 Å². The molecule has 18 nitrogen and oxygen atoms in total. The van der Waals surface area contributed by atoms with E-state index in [9.17, 15) is 24.2 Å². The Kier molecular flexibility index (Phi) is 12.3. The number of carbonyl (C=O) groups is 3. The van der Waals surface area contributed by atoms with Gasteiger partial charge in [-0.3, -0.25) is 9.32 Å². The number of methoxy groups -OCH3 is 2. The fourth-order valence-corrected chi connectivity index (χ4v) is 6.36. The summed E-state index contributed by atoms with van der Waals surface area (Å²) in [6.07, 6.45) is -3.91. The Balaban J connectivity index is 1.78.